The minimum absolute atomic E-state index is 0. The Morgan fingerprint density at radius 3 is 2.19 bits per heavy atom. The average molecular weight is 765 g/mol. The maximum atomic E-state index is 14.3. The van der Waals surface area contributed by atoms with Crippen molar-refractivity contribution < 1.29 is 9.18 Å². The van der Waals surface area contributed by atoms with Crippen LogP contribution in [0.3, 0.4) is 0 Å². The number of carbonyl (C=O) groups is 1. The maximum absolute atomic E-state index is 14.3. The summed E-state index contributed by atoms with van der Waals surface area (Å²) < 4.78 is 17.1. The third-order valence-electron chi connectivity index (χ3n) is 9.12. The number of hydrogen-bond donors (Lipinski definition) is 0. The molecule has 1 aliphatic rings. The minimum Gasteiger partial charge on any atom is -0.337 e. The van der Waals surface area contributed by atoms with E-state index in [4.69, 9.17) is 11.6 Å². The molecule has 1 saturated heterocycles. The highest BCUT2D eigenvalue weighted by Gasteiger charge is 2.20. The molecule has 6 rings (SSSR count). The Bertz CT molecular complexity index is 1960. The second-order valence-corrected chi connectivity index (χ2v) is 14.5. The monoisotopic (exact) mass is 763 g/mol. The number of piperazine rings is 1. The van der Waals surface area contributed by atoms with Crippen molar-refractivity contribution in [2.75, 3.05) is 46.3 Å². The lowest BCUT2D eigenvalue weighted by Crippen LogP contribution is -2.45. The van der Waals surface area contributed by atoms with Crippen LogP contribution in [0, 0.1) is 5.82 Å². The van der Waals surface area contributed by atoms with E-state index in [1.54, 1.807) is 33.8 Å². The van der Waals surface area contributed by atoms with Gasteiger partial charge in [0.1, 0.15) is 12.4 Å². The number of amides is 1. The van der Waals surface area contributed by atoms with Crippen molar-refractivity contribution in [3.05, 3.63) is 135 Å². The zero-order chi connectivity index (χ0) is 35.7. The van der Waals surface area contributed by atoms with E-state index in [-0.39, 0.29) is 36.2 Å². The number of hydrogen-bond acceptors (Lipinski definition) is 7. The molecule has 9 nitrogen and oxygen atoms in total. The van der Waals surface area contributed by atoms with Crippen molar-refractivity contribution in [3.8, 4) is 11.1 Å². The molecule has 0 atom stereocenters. The van der Waals surface area contributed by atoms with Crippen molar-refractivity contribution in [2.45, 2.75) is 36.8 Å². The summed E-state index contributed by atoms with van der Waals surface area (Å²) in [5.41, 5.74) is 5.10. The summed E-state index contributed by atoms with van der Waals surface area (Å²) in [5.74, 6) is 0.102. The Balaban J connectivity index is 0.00000523. The van der Waals surface area contributed by atoms with E-state index in [2.05, 4.69) is 51.2 Å². The van der Waals surface area contributed by atoms with E-state index in [0.717, 1.165) is 67.0 Å². The summed E-state index contributed by atoms with van der Waals surface area (Å²) in [5, 5.41) is 5.38. The van der Waals surface area contributed by atoms with Gasteiger partial charge < -0.3 is 19.3 Å². The van der Waals surface area contributed by atoms with Crippen molar-refractivity contribution in [1.82, 2.24) is 34.0 Å². The Hall–Kier alpha value is -4.00. The lowest BCUT2D eigenvalue weighted by molar-refractivity contribution is -0.132. The first-order valence-electron chi connectivity index (χ1n) is 17.2. The lowest BCUT2D eigenvalue weighted by atomic mass is 10.0. The molecule has 0 spiro atoms. The molecule has 0 saturated carbocycles. The number of nitrogens with zero attached hydrogens (tertiary/aromatic N) is 7. The third kappa shape index (κ3) is 11.0. The highest BCUT2D eigenvalue weighted by Crippen LogP contribution is 2.24. The quantitative estimate of drug-likeness (QED) is 0.0957. The molecule has 274 valence electrons. The average Bonchev–Trinajstić information content (AvgIpc) is 3.54. The molecule has 1 fully saturated rings. The van der Waals surface area contributed by atoms with E-state index in [0.29, 0.717) is 41.0 Å². The third-order valence-corrected chi connectivity index (χ3v) is 10.4. The summed E-state index contributed by atoms with van der Waals surface area (Å²) >= 11 is 7.46. The van der Waals surface area contributed by atoms with Crippen molar-refractivity contribution in [1.29, 1.82) is 0 Å². The molecule has 3 aromatic carbocycles. The number of rotatable bonds is 14. The zero-order valence-corrected chi connectivity index (χ0v) is 31.8. The van der Waals surface area contributed by atoms with Gasteiger partial charge in [0.15, 0.2) is 5.16 Å². The number of thioether (sulfide) groups is 1. The molecule has 0 unspecified atom stereocenters. The molecule has 0 aliphatic carbocycles. The minimum atomic E-state index is -0.339. The normalized spacial score (nSPS) is 13.5. The van der Waals surface area contributed by atoms with E-state index >= 15 is 0 Å². The molecule has 0 N–H and O–H groups in total. The van der Waals surface area contributed by atoms with Crippen LogP contribution in [0.15, 0.2) is 101 Å². The van der Waals surface area contributed by atoms with Crippen LogP contribution in [-0.4, -0.2) is 86.3 Å². The van der Waals surface area contributed by atoms with Crippen LogP contribution in [-0.2, 0) is 37.1 Å². The smallest absolute Gasteiger partial charge is 0.277 e. The molecule has 3 heterocycles. The van der Waals surface area contributed by atoms with Crippen LogP contribution >= 0.6 is 35.8 Å². The topological polar surface area (TPSA) is 79.5 Å². The van der Waals surface area contributed by atoms with Gasteiger partial charge >= 0.3 is 0 Å². The Morgan fingerprint density at radius 1 is 0.885 bits per heavy atom. The second kappa shape index (κ2) is 18.7. The lowest BCUT2D eigenvalue weighted by Gasteiger charge is -2.33. The fourth-order valence-corrected chi connectivity index (χ4v) is 7.19. The first-order valence-corrected chi connectivity index (χ1v) is 18.5. The van der Waals surface area contributed by atoms with E-state index in [1.807, 2.05) is 42.4 Å². The molecule has 0 bridgehead atoms. The van der Waals surface area contributed by atoms with Gasteiger partial charge in [-0.1, -0.05) is 71.9 Å². The van der Waals surface area contributed by atoms with Gasteiger partial charge in [-0.05, 0) is 72.1 Å². The highest BCUT2D eigenvalue weighted by molar-refractivity contribution is 7.98. The molecule has 1 aliphatic heterocycles. The number of halogens is 3. The summed E-state index contributed by atoms with van der Waals surface area (Å²) in [6, 6.07) is 22.3. The maximum Gasteiger partial charge on any atom is 0.277 e. The van der Waals surface area contributed by atoms with Crippen LogP contribution < -0.4 is 5.56 Å². The zero-order valence-electron chi connectivity index (χ0n) is 29.5. The van der Waals surface area contributed by atoms with Gasteiger partial charge in [0.2, 0.25) is 5.91 Å². The van der Waals surface area contributed by atoms with Crippen LogP contribution in [0.2, 0.25) is 5.02 Å². The van der Waals surface area contributed by atoms with Gasteiger partial charge in [0, 0.05) is 81.5 Å². The largest absolute Gasteiger partial charge is 0.337 e. The van der Waals surface area contributed by atoms with Crippen LogP contribution in [0.5, 0.6) is 0 Å². The standard InChI is InChI=1S/C39H43ClFN7O2S.ClH/c1-44-18-20-46(21-19-44)16-3-17-47(25-29-4-8-32(9-5-29)33-10-12-35(40)13-11-33)37(49)27-48-26-34(22-31-23-42-45(2)24-31)38(50)43-39(48)51-28-30-6-14-36(41)15-7-30;/h4-15,23-24,26H,3,16-22,25,27-28H2,1-2H3;1H. The molecular formula is C39H44Cl2FN7O2S. The van der Waals surface area contributed by atoms with Crippen molar-refractivity contribution in [2.24, 2.45) is 7.05 Å². The van der Waals surface area contributed by atoms with Crippen molar-refractivity contribution in [3.63, 3.8) is 0 Å². The van der Waals surface area contributed by atoms with Crippen molar-refractivity contribution >= 4 is 41.7 Å². The first-order chi connectivity index (χ1) is 24.7. The summed E-state index contributed by atoms with van der Waals surface area (Å²) in [6.07, 6.45) is 6.56. The Kier molecular flexibility index (Phi) is 14.1. The summed E-state index contributed by atoms with van der Waals surface area (Å²) in [4.78, 5) is 38.7. The van der Waals surface area contributed by atoms with Crippen LogP contribution in [0.4, 0.5) is 4.39 Å². The number of aryl methyl sites for hydroxylation is 1. The molecule has 2 aromatic heterocycles. The number of likely N-dealkylation sites (N-methyl/N-ethyl adjacent to an activating group) is 1. The van der Waals surface area contributed by atoms with Gasteiger partial charge in [0.25, 0.3) is 5.56 Å². The number of carbonyl (C=O) groups excluding carboxylic acids is 1. The van der Waals surface area contributed by atoms with E-state index in [9.17, 15) is 14.0 Å². The van der Waals surface area contributed by atoms with Gasteiger partial charge in [-0.15, -0.1) is 12.4 Å². The summed E-state index contributed by atoms with van der Waals surface area (Å²) in [7, 11) is 3.98. The molecule has 0 radical (unpaired) electrons. The molecule has 1 amide bonds. The predicted octanol–water partition coefficient (Wildman–Crippen LogP) is 6.41. The first kappa shape index (κ1) is 39.2. The number of benzene rings is 3. The fourth-order valence-electron chi connectivity index (χ4n) is 6.14. The summed E-state index contributed by atoms with van der Waals surface area (Å²) in [6.45, 7) is 6.12. The van der Waals surface area contributed by atoms with Gasteiger partial charge in [-0.3, -0.25) is 14.3 Å². The Labute approximate surface area is 319 Å². The SMILES string of the molecule is CN1CCN(CCCN(Cc2ccc(-c3ccc(Cl)cc3)cc2)C(=O)Cn2cc(Cc3cnn(C)c3)c(=O)nc2SCc2ccc(F)cc2)CC1.Cl. The fraction of sp³-hybridized carbons (Fsp3) is 0.333. The van der Waals surface area contributed by atoms with Crippen LogP contribution in [0.25, 0.3) is 11.1 Å². The van der Waals surface area contributed by atoms with E-state index < -0.39 is 0 Å². The molecule has 52 heavy (non-hydrogen) atoms. The molecular weight excluding hydrogens is 720 g/mol. The predicted molar refractivity (Wildman–Crippen MR) is 209 cm³/mol. The number of aromatic nitrogens is 4. The molecule has 5 aromatic rings. The Morgan fingerprint density at radius 2 is 1.54 bits per heavy atom. The van der Waals surface area contributed by atoms with E-state index in [1.165, 1.54) is 23.9 Å². The van der Waals surface area contributed by atoms with Gasteiger partial charge in [0.05, 0.1) is 6.20 Å². The second-order valence-electron chi connectivity index (χ2n) is 13.1. The van der Waals surface area contributed by atoms with Crippen LogP contribution in [0.1, 0.15) is 28.7 Å². The van der Waals surface area contributed by atoms with Gasteiger partial charge in [-0.2, -0.15) is 10.1 Å². The van der Waals surface area contributed by atoms with Gasteiger partial charge in [-0.25, -0.2) is 4.39 Å². The molecule has 13 heteroatoms. The highest BCUT2D eigenvalue weighted by atomic mass is 35.5.